The van der Waals surface area contributed by atoms with Crippen molar-refractivity contribution in [2.75, 3.05) is 0 Å². The molecule has 1 fully saturated rings. The Balaban J connectivity index is 1.53. The molecule has 3 aromatic heterocycles. The number of carbonyl (C=O) groups is 1. The number of pyridine rings is 2. The molecule has 4 rings (SSSR count). The van der Waals surface area contributed by atoms with Gasteiger partial charge in [0.2, 0.25) is 5.92 Å². The van der Waals surface area contributed by atoms with Gasteiger partial charge in [-0.2, -0.15) is 0 Å². The molecule has 0 aromatic carbocycles. The number of hydrogen-bond donors (Lipinski definition) is 0. The zero-order valence-corrected chi connectivity index (χ0v) is 14.9. The summed E-state index contributed by atoms with van der Waals surface area (Å²) in [6.07, 6.45) is 3.67. The SMILES string of the molecule is Cn1cc(-c2ccc3cnc(CC(=O)C4CCC(F)(F)CC4)cc3n2)nn1. The van der Waals surface area contributed by atoms with Gasteiger partial charge in [-0.15, -0.1) is 5.10 Å². The van der Waals surface area contributed by atoms with Gasteiger partial charge in [0.05, 0.1) is 17.4 Å². The summed E-state index contributed by atoms with van der Waals surface area (Å²) in [6, 6.07) is 5.53. The number of carbonyl (C=O) groups excluding carboxylic acids is 1. The predicted molar refractivity (Wildman–Crippen MR) is 95.2 cm³/mol. The van der Waals surface area contributed by atoms with E-state index in [9.17, 15) is 13.6 Å². The Morgan fingerprint density at radius 2 is 2.04 bits per heavy atom. The molecule has 3 heterocycles. The van der Waals surface area contributed by atoms with Crippen molar-refractivity contribution in [3.8, 4) is 11.4 Å². The van der Waals surface area contributed by atoms with E-state index in [0.717, 1.165) is 5.39 Å². The third kappa shape index (κ3) is 3.84. The van der Waals surface area contributed by atoms with E-state index in [1.165, 1.54) is 0 Å². The summed E-state index contributed by atoms with van der Waals surface area (Å²) in [4.78, 5) is 21.4. The van der Waals surface area contributed by atoms with Crippen LogP contribution in [0, 0.1) is 5.92 Å². The first kappa shape index (κ1) is 17.6. The average Bonchev–Trinajstić information content (AvgIpc) is 3.07. The number of rotatable bonds is 4. The van der Waals surface area contributed by atoms with E-state index >= 15 is 0 Å². The van der Waals surface area contributed by atoms with E-state index in [2.05, 4.69) is 20.3 Å². The Bertz CT molecular complexity index is 991. The third-order valence-electron chi connectivity index (χ3n) is 5.02. The van der Waals surface area contributed by atoms with Crippen molar-refractivity contribution < 1.29 is 13.6 Å². The molecule has 0 atom stereocenters. The van der Waals surface area contributed by atoms with Crippen molar-refractivity contribution in [3.05, 3.63) is 36.3 Å². The topological polar surface area (TPSA) is 73.6 Å². The zero-order valence-electron chi connectivity index (χ0n) is 14.9. The number of aromatic nitrogens is 5. The van der Waals surface area contributed by atoms with Gasteiger partial charge in [-0.05, 0) is 31.0 Å². The molecule has 0 aliphatic heterocycles. The molecule has 1 aliphatic rings. The highest BCUT2D eigenvalue weighted by atomic mass is 19.3. The fraction of sp³-hybridized carbons (Fsp3) is 0.421. The van der Waals surface area contributed by atoms with Crippen LogP contribution < -0.4 is 0 Å². The van der Waals surface area contributed by atoms with Crippen LogP contribution in [-0.2, 0) is 18.3 Å². The van der Waals surface area contributed by atoms with E-state index in [1.807, 2.05) is 12.1 Å². The molecule has 0 spiro atoms. The lowest BCUT2D eigenvalue weighted by Crippen LogP contribution is -2.29. The Morgan fingerprint density at radius 3 is 2.74 bits per heavy atom. The highest BCUT2D eigenvalue weighted by Crippen LogP contribution is 2.36. The van der Waals surface area contributed by atoms with E-state index in [4.69, 9.17) is 0 Å². The minimum absolute atomic E-state index is 0.0255. The predicted octanol–water partition coefficient (Wildman–Crippen LogP) is 3.36. The van der Waals surface area contributed by atoms with Gasteiger partial charge >= 0.3 is 0 Å². The average molecular weight is 371 g/mol. The van der Waals surface area contributed by atoms with Gasteiger partial charge in [0, 0.05) is 49.5 Å². The monoisotopic (exact) mass is 371 g/mol. The number of halogens is 2. The molecule has 8 heteroatoms. The van der Waals surface area contributed by atoms with Gasteiger partial charge in [-0.25, -0.2) is 13.8 Å². The Kier molecular flexibility index (Phi) is 4.41. The van der Waals surface area contributed by atoms with Crippen LogP contribution in [0.5, 0.6) is 0 Å². The van der Waals surface area contributed by atoms with Crippen LogP contribution in [0.3, 0.4) is 0 Å². The minimum atomic E-state index is -2.63. The van der Waals surface area contributed by atoms with Crippen molar-refractivity contribution in [1.29, 1.82) is 0 Å². The maximum atomic E-state index is 13.3. The Morgan fingerprint density at radius 1 is 1.26 bits per heavy atom. The van der Waals surface area contributed by atoms with E-state index in [0.29, 0.717) is 22.6 Å². The summed E-state index contributed by atoms with van der Waals surface area (Å²) in [5, 5.41) is 8.82. The molecule has 6 nitrogen and oxygen atoms in total. The minimum Gasteiger partial charge on any atom is -0.299 e. The van der Waals surface area contributed by atoms with Crippen LogP contribution in [0.1, 0.15) is 31.4 Å². The number of alkyl halides is 2. The van der Waals surface area contributed by atoms with Crippen molar-refractivity contribution >= 4 is 16.7 Å². The number of ketones is 1. The third-order valence-corrected chi connectivity index (χ3v) is 5.02. The van der Waals surface area contributed by atoms with Gasteiger partial charge in [-0.1, -0.05) is 5.21 Å². The second kappa shape index (κ2) is 6.75. The van der Waals surface area contributed by atoms with Gasteiger partial charge in [-0.3, -0.25) is 14.5 Å². The number of hydrogen-bond acceptors (Lipinski definition) is 5. The number of nitrogens with zero attached hydrogens (tertiary/aromatic N) is 5. The van der Waals surface area contributed by atoms with Crippen molar-refractivity contribution in [2.45, 2.75) is 38.0 Å². The second-order valence-electron chi connectivity index (χ2n) is 7.12. The van der Waals surface area contributed by atoms with E-state index in [1.54, 1.807) is 30.2 Å². The summed E-state index contributed by atoms with van der Waals surface area (Å²) in [7, 11) is 1.78. The molecular formula is C19H19F2N5O. The maximum Gasteiger partial charge on any atom is 0.248 e. The van der Waals surface area contributed by atoms with Crippen LogP contribution >= 0.6 is 0 Å². The molecule has 1 aliphatic carbocycles. The van der Waals surface area contributed by atoms with Gasteiger partial charge in [0.15, 0.2) is 0 Å². The second-order valence-corrected chi connectivity index (χ2v) is 7.12. The molecular weight excluding hydrogens is 352 g/mol. The molecule has 27 heavy (non-hydrogen) atoms. The fourth-order valence-electron chi connectivity index (χ4n) is 3.45. The molecule has 0 N–H and O–H groups in total. The normalized spacial score (nSPS) is 17.3. The first-order valence-electron chi connectivity index (χ1n) is 8.92. The van der Waals surface area contributed by atoms with Crippen LogP contribution in [0.25, 0.3) is 22.3 Å². The molecule has 3 aromatic rings. The van der Waals surface area contributed by atoms with E-state index in [-0.39, 0.29) is 43.8 Å². The molecule has 1 saturated carbocycles. The standard InChI is InChI=1S/C19H19F2N5O/c1-26-11-17(24-25-26)15-3-2-13-10-22-14(8-16(13)23-15)9-18(27)12-4-6-19(20,21)7-5-12/h2-3,8,10-12H,4-7,9H2,1H3. The number of aryl methyl sites for hydroxylation is 1. The van der Waals surface area contributed by atoms with Crippen molar-refractivity contribution in [3.63, 3.8) is 0 Å². The molecule has 0 amide bonds. The Labute approximate surface area is 154 Å². The quantitative estimate of drug-likeness (QED) is 0.703. The largest absolute Gasteiger partial charge is 0.299 e. The van der Waals surface area contributed by atoms with Crippen LogP contribution in [0.4, 0.5) is 8.78 Å². The van der Waals surface area contributed by atoms with Gasteiger partial charge in [0.1, 0.15) is 11.5 Å². The summed E-state index contributed by atoms with van der Waals surface area (Å²) in [6.45, 7) is 0. The lowest BCUT2D eigenvalue weighted by molar-refractivity contribution is -0.126. The van der Waals surface area contributed by atoms with Gasteiger partial charge < -0.3 is 0 Å². The molecule has 0 saturated heterocycles. The molecule has 0 unspecified atom stereocenters. The van der Waals surface area contributed by atoms with Crippen molar-refractivity contribution in [1.82, 2.24) is 25.0 Å². The number of fused-ring (bicyclic) bond motifs is 1. The first-order chi connectivity index (χ1) is 12.9. The highest BCUT2D eigenvalue weighted by molar-refractivity contribution is 5.85. The first-order valence-corrected chi connectivity index (χ1v) is 8.92. The van der Waals surface area contributed by atoms with Crippen LogP contribution in [0.15, 0.2) is 30.6 Å². The lowest BCUT2D eigenvalue weighted by Gasteiger charge is -2.27. The summed E-state index contributed by atoms with van der Waals surface area (Å²) in [5.41, 5.74) is 2.67. The maximum absolute atomic E-state index is 13.3. The Hall–Kier alpha value is -2.77. The molecule has 0 radical (unpaired) electrons. The van der Waals surface area contributed by atoms with Crippen molar-refractivity contribution in [2.24, 2.45) is 13.0 Å². The molecule has 140 valence electrons. The van der Waals surface area contributed by atoms with Gasteiger partial charge in [0.25, 0.3) is 0 Å². The van der Waals surface area contributed by atoms with E-state index < -0.39 is 5.92 Å². The zero-order chi connectivity index (χ0) is 19.0. The highest BCUT2D eigenvalue weighted by Gasteiger charge is 2.37. The number of Topliss-reactive ketones (excluding diaryl/α,β-unsaturated/α-hetero) is 1. The van der Waals surface area contributed by atoms with Crippen LogP contribution in [0.2, 0.25) is 0 Å². The summed E-state index contributed by atoms with van der Waals surface area (Å²) in [5.74, 6) is -2.96. The summed E-state index contributed by atoms with van der Waals surface area (Å²) < 4.78 is 28.2. The molecule has 0 bridgehead atoms. The fourth-order valence-corrected chi connectivity index (χ4v) is 3.45. The smallest absolute Gasteiger partial charge is 0.248 e. The van der Waals surface area contributed by atoms with Crippen LogP contribution in [-0.4, -0.2) is 36.7 Å². The lowest BCUT2D eigenvalue weighted by atomic mass is 9.83. The summed E-state index contributed by atoms with van der Waals surface area (Å²) >= 11 is 0.